The van der Waals surface area contributed by atoms with Gasteiger partial charge >= 0.3 is 12.0 Å². The Morgan fingerprint density at radius 1 is 1.20 bits per heavy atom. The number of nitriles is 1. The molecule has 1 fully saturated rings. The van der Waals surface area contributed by atoms with Gasteiger partial charge in [-0.15, -0.1) is 0 Å². The van der Waals surface area contributed by atoms with E-state index in [0.29, 0.717) is 6.42 Å². The topological polar surface area (TPSA) is 93.4 Å². The van der Waals surface area contributed by atoms with E-state index >= 15 is 8.78 Å². The molecule has 0 radical (unpaired) electrons. The van der Waals surface area contributed by atoms with Crippen molar-refractivity contribution >= 4 is 40.9 Å². The molecular formula is C30H29Cl2F2N3O3. The smallest absolute Gasteiger partial charge is 0.337 e. The number of amides is 2. The number of halogens is 4. The molecule has 2 amide bonds. The Kier molecular flexibility index (Phi) is 8.30. The van der Waals surface area contributed by atoms with Crippen LogP contribution in [-0.4, -0.2) is 34.6 Å². The minimum atomic E-state index is -1.68. The zero-order chi connectivity index (χ0) is 29.4. The Morgan fingerprint density at radius 2 is 1.90 bits per heavy atom. The summed E-state index contributed by atoms with van der Waals surface area (Å²) >= 11 is 12.2. The van der Waals surface area contributed by atoms with E-state index in [-0.39, 0.29) is 45.2 Å². The number of nitrogens with zero attached hydrogens (tertiary/aromatic N) is 2. The maximum absolute atomic E-state index is 15.8. The zero-order valence-corrected chi connectivity index (χ0v) is 23.7. The molecule has 2 aliphatic rings. The predicted octanol–water partition coefficient (Wildman–Crippen LogP) is 7.90. The van der Waals surface area contributed by atoms with E-state index in [1.807, 2.05) is 20.8 Å². The Hall–Kier alpha value is -3.41. The third-order valence-corrected chi connectivity index (χ3v) is 8.07. The summed E-state index contributed by atoms with van der Waals surface area (Å²) in [4.78, 5) is 27.0. The van der Waals surface area contributed by atoms with E-state index in [4.69, 9.17) is 23.2 Å². The van der Waals surface area contributed by atoms with Gasteiger partial charge in [-0.2, -0.15) is 5.26 Å². The van der Waals surface area contributed by atoms with Crippen molar-refractivity contribution in [3.63, 3.8) is 0 Å². The lowest BCUT2D eigenvalue weighted by Gasteiger charge is -2.41. The zero-order valence-electron chi connectivity index (χ0n) is 22.2. The SMILES string of the molecule is CC(C)(C)C[C@@H]1CN(C(=O)Nc2ccccc2C(=O)O)[C@H](C2CC=CC(Cl)=C2F)[C@@]1(C#N)c1ccc(Cl)cc1F. The fraction of sp³-hybridized carbons (Fsp3) is 0.367. The number of carbonyl (C=O) groups is 2. The molecule has 1 saturated heterocycles. The lowest BCUT2D eigenvalue weighted by Crippen LogP contribution is -2.52. The summed E-state index contributed by atoms with van der Waals surface area (Å²) in [6.07, 6.45) is 3.59. The average Bonchev–Trinajstić information content (AvgIpc) is 3.19. The Bertz CT molecular complexity index is 1450. The van der Waals surface area contributed by atoms with E-state index in [9.17, 15) is 20.0 Å². The second-order valence-corrected chi connectivity index (χ2v) is 12.2. The minimum absolute atomic E-state index is 0.0102. The molecule has 2 aromatic rings. The van der Waals surface area contributed by atoms with Crippen LogP contribution in [0.3, 0.4) is 0 Å². The van der Waals surface area contributed by atoms with Gasteiger partial charge in [0.1, 0.15) is 17.1 Å². The third kappa shape index (κ3) is 5.45. The molecule has 2 aromatic carbocycles. The highest BCUT2D eigenvalue weighted by Crippen LogP contribution is 2.54. The largest absolute Gasteiger partial charge is 0.478 e. The summed E-state index contributed by atoms with van der Waals surface area (Å²) in [5.41, 5.74) is -2.12. The molecule has 10 heteroatoms. The van der Waals surface area contributed by atoms with E-state index in [0.717, 1.165) is 6.07 Å². The number of carbonyl (C=O) groups excluding carboxylic acids is 1. The number of anilines is 1. The van der Waals surface area contributed by atoms with Crippen molar-refractivity contribution < 1.29 is 23.5 Å². The van der Waals surface area contributed by atoms with Crippen LogP contribution in [0.5, 0.6) is 0 Å². The van der Waals surface area contributed by atoms with Crippen LogP contribution < -0.4 is 5.32 Å². The normalized spacial score (nSPS) is 24.6. The van der Waals surface area contributed by atoms with Crippen molar-refractivity contribution in [2.45, 2.75) is 45.1 Å². The van der Waals surface area contributed by atoms with Crippen LogP contribution in [0.1, 0.15) is 49.5 Å². The molecule has 4 rings (SSSR count). The fourth-order valence-electron chi connectivity index (χ4n) is 6.02. The van der Waals surface area contributed by atoms with E-state index in [1.165, 1.54) is 41.3 Å². The molecule has 0 aromatic heterocycles. The number of para-hydroxylation sites is 1. The number of carboxylic acid groups (broad SMARTS) is 1. The maximum atomic E-state index is 15.8. The average molecular weight is 588 g/mol. The first-order valence-electron chi connectivity index (χ1n) is 12.8. The number of hydrogen-bond donors (Lipinski definition) is 2. The summed E-state index contributed by atoms with van der Waals surface area (Å²) < 4.78 is 31.5. The second kappa shape index (κ2) is 11.2. The number of likely N-dealkylation sites (tertiary alicyclic amines) is 1. The van der Waals surface area contributed by atoms with Crippen molar-refractivity contribution in [2.75, 3.05) is 11.9 Å². The van der Waals surface area contributed by atoms with Crippen molar-refractivity contribution in [1.29, 1.82) is 5.26 Å². The number of nitrogens with one attached hydrogen (secondary N) is 1. The summed E-state index contributed by atoms with van der Waals surface area (Å²) in [5, 5.41) is 23.1. The Labute approximate surface area is 241 Å². The Balaban J connectivity index is 1.93. The lowest BCUT2D eigenvalue weighted by atomic mass is 9.62. The minimum Gasteiger partial charge on any atom is -0.478 e. The van der Waals surface area contributed by atoms with E-state index in [2.05, 4.69) is 11.4 Å². The number of benzene rings is 2. The van der Waals surface area contributed by atoms with Crippen LogP contribution >= 0.6 is 23.2 Å². The molecule has 0 spiro atoms. The summed E-state index contributed by atoms with van der Waals surface area (Å²) in [6, 6.07) is 10.3. The van der Waals surface area contributed by atoms with Gasteiger partial charge in [0.05, 0.1) is 28.4 Å². The van der Waals surface area contributed by atoms with Crippen LogP contribution in [0.15, 0.2) is 65.5 Å². The quantitative estimate of drug-likeness (QED) is 0.371. The molecule has 2 N–H and O–H groups in total. The van der Waals surface area contributed by atoms with Gasteiger partial charge in [-0.1, -0.05) is 68.2 Å². The molecule has 4 atom stereocenters. The van der Waals surface area contributed by atoms with Crippen LogP contribution in [0, 0.1) is 34.4 Å². The van der Waals surface area contributed by atoms with Crippen LogP contribution in [0.25, 0.3) is 0 Å². The molecule has 1 aliphatic carbocycles. The van der Waals surface area contributed by atoms with Gasteiger partial charge in [-0.25, -0.2) is 18.4 Å². The summed E-state index contributed by atoms with van der Waals surface area (Å²) in [5.74, 6) is -4.36. The van der Waals surface area contributed by atoms with Gasteiger partial charge in [0.2, 0.25) is 0 Å². The highest BCUT2D eigenvalue weighted by Gasteiger charge is 2.61. The molecule has 1 heterocycles. The standard InChI is InChI=1S/C30H29Cl2F2N3O3/c1-29(2,3)14-17-15-37(28(40)36-24-10-5-4-7-19(24)27(38)39)26(20-8-6-9-22(32)25(20)34)30(17,16-35)21-12-11-18(31)13-23(21)33/h4-7,9-13,17,20,26H,8,14-15H2,1-3H3,(H,36,40)(H,38,39)/t17-,20?,26-,30-/m1/s1. The summed E-state index contributed by atoms with van der Waals surface area (Å²) in [7, 11) is 0. The monoisotopic (exact) mass is 587 g/mol. The number of urea groups is 1. The van der Waals surface area contributed by atoms with Crippen LogP contribution in [0.2, 0.25) is 5.02 Å². The van der Waals surface area contributed by atoms with E-state index in [1.54, 1.807) is 12.1 Å². The van der Waals surface area contributed by atoms with Gasteiger partial charge in [-0.3, -0.25) is 0 Å². The number of aromatic carboxylic acids is 1. The lowest BCUT2D eigenvalue weighted by molar-refractivity contribution is 0.0698. The fourth-order valence-corrected chi connectivity index (χ4v) is 6.41. The van der Waals surface area contributed by atoms with Crippen molar-refractivity contribution in [1.82, 2.24) is 4.90 Å². The highest BCUT2D eigenvalue weighted by molar-refractivity contribution is 6.31. The molecule has 210 valence electrons. The van der Waals surface area contributed by atoms with Crippen molar-refractivity contribution in [3.8, 4) is 6.07 Å². The van der Waals surface area contributed by atoms with Gasteiger partial charge < -0.3 is 15.3 Å². The molecule has 40 heavy (non-hydrogen) atoms. The van der Waals surface area contributed by atoms with Gasteiger partial charge in [0.25, 0.3) is 0 Å². The number of hydrogen-bond acceptors (Lipinski definition) is 3. The summed E-state index contributed by atoms with van der Waals surface area (Å²) in [6.45, 7) is 5.89. The molecule has 1 unspecified atom stereocenters. The van der Waals surface area contributed by atoms with Gasteiger partial charge in [0, 0.05) is 29.0 Å². The van der Waals surface area contributed by atoms with Gasteiger partial charge in [-0.05, 0) is 48.6 Å². The first-order valence-corrected chi connectivity index (χ1v) is 13.5. The maximum Gasteiger partial charge on any atom is 0.337 e. The molecule has 6 nitrogen and oxygen atoms in total. The highest BCUT2D eigenvalue weighted by atomic mass is 35.5. The van der Waals surface area contributed by atoms with E-state index < -0.39 is 46.9 Å². The number of carboxylic acids is 1. The molecule has 0 saturated carbocycles. The van der Waals surface area contributed by atoms with Crippen LogP contribution in [0.4, 0.5) is 19.3 Å². The van der Waals surface area contributed by atoms with Crippen LogP contribution in [-0.2, 0) is 5.41 Å². The second-order valence-electron chi connectivity index (χ2n) is 11.4. The number of rotatable bonds is 5. The first-order chi connectivity index (χ1) is 18.8. The Morgan fingerprint density at radius 3 is 2.52 bits per heavy atom. The first kappa shape index (κ1) is 29.6. The van der Waals surface area contributed by atoms with Crippen molar-refractivity contribution in [2.24, 2.45) is 17.3 Å². The number of allylic oxidation sites excluding steroid dienone is 3. The van der Waals surface area contributed by atoms with Crippen molar-refractivity contribution in [3.05, 3.63) is 87.4 Å². The third-order valence-electron chi connectivity index (χ3n) is 7.53. The molecular weight excluding hydrogens is 559 g/mol. The molecule has 0 bridgehead atoms. The molecule has 1 aliphatic heterocycles. The van der Waals surface area contributed by atoms with Gasteiger partial charge in [0.15, 0.2) is 0 Å². The predicted molar refractivity (Wildman–Crippen MR) is 150 cm³/mol.